The number of carbonyl (C=O) groups excluding carboxylic acids is 10. The van der Waals surface area contributed by atoms with Crippen LogP contribution >= 0.6 is 11.3 Å². The number of rotatable bonds is 73. The molecule has 2 fully saturated rings. The molecule has 14 atom stereocenters. The number of imide groups is 1. The first-order valence-corrected chi connectivity index (χ1v) is 47.7. The number of quaternary nitrogens is 1. The summed E-state index contributed by atoms with van der Waals surface area (Å²) in [5.41, 5.74) is 7.38. The van der Waals surface area contributed by atoms with Crippen LogP contribution in [0.3, 0.4) is 0 Å². The average Bonchev–Trinajstić information content (AvgIpc) is 1.01. The highest BCUT2D eigenvalue weighted by atomic mass is 32.1. The van der Waals surface area contributed by atoms with E-state index in [0.29, 0.717) is 188 Å². The minimum atomic E-state index is -1.77. The van der Waals surface area contributed by atoms with Gasteiger partial charge in [0.15, 0.2) is 18.2 Å². The lowest BCUT2D eigenvalue weighted by Crippen LogP contribution is -2.63. The molecule has 1 aromatic heterocycles. The molecule has 9 amide bonds. The number of thiazole rings is 1. The molecule has 4 heterocycles. The van der Waals surface area contributed by atoms with Crippen molar-refractivity contribution in [3.8, 4) is 5.75 Å². The number of aliphatic hydroxyl groups excluding tert-OH is 2. The lowest BCUT2D eigenvalue weighted by Gasteiger charge is -2.44. The Balaban J connectivity index is 0.974. The van der Waals surface area contributed by atoms with Crippen molar-refractivity contribution in [2.24, 2.45) is 23.5 Å². The highest BCUT2D eigenvalue weighted by Gasteiger charge is 2.46. The first-order valence-electron chi connectivity index (χ1n) is 46.8. The molecule has 2 aromatic carbocycles. The van der Waals surface area contributed by atoms with E-state index in [0.717, 1.165) is 29.1 Å². The Hall–Kier alpha value is -9.23. The zero-order valence-electron chi connectivity index (χ0n) is 80.0. The Kier molecular flexibility index (Phi) is 55.1. The number of aromatic nitrogens is 1. The molecule has 3 aliphatic heterocycles. The molecule has 2 saturated heterocycles. The fourth-order valence-electron chi connectivity index (χ4n) is 15.2. The third-order valence-electron chi connectivity index (χ3n) is 23.0. The average molecular weight is 1950 g/mol. The molecule has 0 spiro atoms. The molecule has 1 unspecified atom stereocenters. The monoisotopic (exact) mass is 1940 g/mol. The SMILES string of the molecule is CC[C@H](C)[C@H](NC(=O)[C@H]1CCCC[N+]1(C)Cc1ccc(O[C@@H]2O[C@H](C(=O)O)C[C@H](O)[C@H]2O)c(NC(=O)CCNC(=O)[C@H](CCCCNC(=O)CCOCCOCCOCCOCCOCCOCCOCCOCCOCCOCCOCCOC)NC(=O)[C@H](CN)N2C(=O)C=CC2=O)c1)C(=O)N(C)[C@H](C[C@@H](OC(C)=O)c1nc(C(=O)N[C@@H](Cc2ccccc2)C[C@H](C)C(=O)O)cs1)C(C)C. The van der Waals surface area contributed by atoms with Crippen molar-refractivity contribution in [1.29, 1.82) is 0 Å². The molecule has 12 N–H and O–H groups in total. The van der Waals surface area contributed by atoms with E-state index >= 15 is 9.59 Å². The van der Waals surface area contributed by atoms with Gasteiger partial charge in [-0.25, -0.2) is 9.78 Å². The van der Waals surface area contributed by atoms with Gasteiger partial charge in [-0.05, 0) is 80.5 Å². The topological polar surface area (TPSA) is 542 Å². The van der Waals surface area contributed by atoms with Gasteiger partial charge in [-0.15, -0.1) is 11.3 Å². The number of benzene rings is 2. The van der Waals surface area contributed by atoms with E-state index in [9.17, 15) is 68.4 Å². The number of hydrogen-bond acceptors (Lipinski definition) is 32. The molecule has 0 radical (unpaired) electrons. The Morgan fingerprint density at radius 3 is 1.74 bits per heavy atom. The number of amides is 9. The number of anilines is 1. The van der Waals surface area contributed by atoms with Crippen LogP contribution in [0.25, 0.3) is 0 Å². The second-order valence-corrected chi connectivity index (χ2v) is 34.8. The fraction of sp³-hybridized carbons (Fsp3) is 0.688. The van der Waals surface area contributed by atoms with Gasteiger partial charge in [-0.3, -0.25) is 57.6 Å². The second-order valence-electron chi connectivity index (χ2n) is 33.9. The van der Waals surface area contributed by atoms with Crippen LogP contribution in [0.1, 0.15) is 151 Å². The van der Waals surface area contributed by atoms with Crippen LogP contribution in [-0.2, 0) is 132 Å². The quantitative estimate of drug-likeness (QED) is 0.0167. The molecular formula is C93H146N11O31S+. The summed E-state index contributed by atoms with van der Waals surface area (Å²) in [5, 5.41) is 60.3. The summed E-state index contributed by atoms with van der Waals surface area (Å²) in [5.74, 6) is -10.3. The summed E-state index contributed by atoms with van der Waals surface area (Å²) in [6, 6.07) is 8.17. The van der Waals surface area contributed by atoms with E-state index < -0.39 is 163 Å². The number of aliphatic hydroxyl groups is 2. The van der Waals surface area contributed by atoms with Crippen molar-refractivity contribution in [1.82, 2.24) is 41.4 Å². The number of likely N-dealkylation sites (N-methyl/N-ethyl adjacent to an activating group) is 2. The maximum Gasteiger partial charge on any atom is 0.333 e. The largest absolute Gasteiger partial charge is 0.481 e. The molecule has 0 bridgehead atoms. The minimum absolute atomic E-state index is 0.0255. The summed E-state index contributed by atoms with van der Waals surface area (Å²) in [7, 11) is 5.15. The van der Waals surface area contributed by atoms with E-state index in [1.54, 1.807) is 38.1 Å². The number of aliphatic carboxylic acids is 2. The van der Waals surface area contributed by atoms with Crippen LogP contribution in [0.5, 0.6) is 5.75 Å². The first-order chi connectivity index (χ1) is 65.4. The van der Waals surface area contributed by atoms with Gasteiger partial charge < -0.3 is 138 Å². The van der Waals surface area contributed by atoms with E-state index in [4.69, 9.17) is 76.8 Å². The highest BCUT2D eigenvalue weighted by molar-refractivity contribution is 7.09. The van der Waals surface area contributed by atoms with Crippen molar-refractivity contribution in [3.05, 3.63) is 87.9 Å². The minimum Gasteiger partial charge on any atom is -0.481 e. The predicted octanol–water partition coefficient (Wildman–Crippen LogP) is 2.79. The molecule has 3 aromatic rings. The number of ether oxygens (including phenoxy) is 15. The number of nitrogens with two attached hydrogens (primary N) is 1. The van der Waals surface area contributed by atoms with E-state index in [1.165, 1.54) is 18.4 Å². The molecule has 6 rings (SSSR count). The smallest absolute Gasteiger partial charge is 0.333 e. The normalized spacial score (nSPS) is 18.9. The van der Waals surface area contributed by atoms with Crippen LogP contribution in [0.4, 0.5) is 5.69 Å². The third-order valence-corrected chi connectivity index (χ3v) is 23.9. The number of hydrogen-bond donors (Lipinski definition) is 11. The summed E-state index contributed by atoms with van der Waals surface area (Å²) in [6.07, 6.45) is -3.29. The van der Waals surface area contributed by atoms with Crippen molar-refractivity contribution in [2.45, 2.75) is 199 Å². The maximum atomic E-state index is 15.2. The third kappa shape index (κ3) is 42.6. The van der Waals surface area contributed by atoms with Crippen molar-refractivity contribution in [2.75, 3.05) is 205 Å². The van der Waals surface area contributed by atoms with Crippen molar-refractivity contribution >= 4 is 88.1 Å². The summed E-state index contributed by atoms with van der Waals surface area (Å²) < 4.78 is 83.1. The molecule has 136 heavy (non-hydrogen) atoms. The van der Waals surface area contributed by atoms with Crippen LogP contribution in [0.2, 0.25) is 0 Å². The molecular weight excluding hydrogens is 1800 g/mol. The van der Waals surface area contributed by atoms with Crippen LogP contribution < -0.4 is 42.4 Å². The van der Waals surface area contributed by atoms with Gasteiger partial charge in [0.25, 0.3) is 23.6 Å². The zero-order valence-corrected chi connectivity index (χ0v) is 80.8. The number of methoxy groups -OCH3 is 1. The molecule has 42 nitrogen and oxygen atoms in total. The summed E-state index contributed by atoms with van der Waals surface area (Å²) >= 11 is 1.09. The Labute approximate surface area is 799 Å². The molecule has 0 aliphatic carbocycles. The van der Waals surface area contributed by atoms with Gasteiger partial charge in [0.1, 0.15) is 47.2 Å². The van der Waals surface area contributed by atoms with Gasteiger partial charge in [0.2, 0.25) is 35.8 Å². The molecule has 43 heteroatoms. The summed E-state index contributed by atoms with van der Waals surface area (Å²) in [6.45, 7) is 19.7. The summed E-state index contributed by atoms with van der Waals surface area (Å²) in [4.78, 5) is 169. The number of piperidine rings is 1. The standard InChI is InChI=1S/C93H145N11O31S/c1-10-63(4)83(90(116)102(7)72(62(2)3)57-77(133-65(6)105)89-100-71(61-136-89)86(113)97-68(54-64(5)91(117)118)55-66-18-12-11-13-19-66)101-88(115)74-21-15-17-30-104(74,8)60-67-22-23-76(134-93-84(111)75(106)58-78(135-93)92(119)120)70(56-67)98-80(108)26-29-96-85(112)69(99-87(114)73(59-94)103-81(109)24-25-82(103)110)20-14-16-28-95-79(107)27-31-122-34-35-124-38-39-126-42-43-128-46-47-130-50-51-132-53-52-131-49-48-129-45-44-127-41-40-125-37-36-123-33-32-121-9/h11-13,18-19,22-25,56,61-64,68-69,72-75,77-78,83-84,93,106,111H,10,14-17,20-21,26-55,57-60,94H2,1-9H3,(H7-,95,96,97,98,99,101,107,108,112,113,114,115,117,118,119,120)/p+1/t63-,64-,68+,69-,72+,73-,74+,75-,77+,78-,83-,84+,93+,104?/m0/s1. The first kappa shape index (κ1) is 115. The zero-order chi connectivity index (χ0) is 99.2. The van der Waals surface area contributed by atoms with Gasteiger partial charge in [0, 0.05) is 108 Å². The Morgan fingerprint density at radius 2 is 1.22 bits per heavy atom. The van der Waals surface area contributed by atoms with Gasteiger partial charge in [-0.1, -0.05) is 71.4 Å². The Morgan fingerprint density at radius 1 is 0.662 bits per heavy atom. The number of nitrogens with one attached hydrogen (secondary N) is 6. The maximum absolute atomic E-state index is 15.2. The number of likely N-dealkylation sites (tertiary alicyclic amines) is 1. The van der Waals surface area contributed by atoms with Crippen molar-refractivity contribution < 1.29 is 153 Å². The Bertz CT molecular complexity index is 4120. The number of carboxylic acids is 2. The van der Waals surface area contributed by atoms with Gasteiger partial charge in [0.05, 0.1) is 183 Å². The van der Waals surface area contributed by atoms with Gasteiger partial charge in [-0.2, -0.15) is 0 Å². The lowest BCUT2D eigenvalue weighted by molar-refractivity contribution is -0.942. The lowest BCUT2D eigenvalue weighted by atomic mass is 9.92. The fourth-order valence-corrected chi connectivity index (χ4v) is 16.1. The van der Waals surface area contributed by atoms with Crippen LogP contribution in [0.15, 0.2) is 66.1 Å². The van der Waals surface area contributed by atoms with Crippen LogP contribution in [0, 0.1) is 17.8 Å². The van der Waals surface area contributed by atoms with Gasteiger partial charge >= 0.3 is 17.9 Å². The van der Waals surface area contributed by atoms with Crippen molar-refractivity contribution in [3.63, 3.8) is 0 Å². The number of nitrogens with zero attached hydrogens (tertiary/aromatic N) is 4. The number of unbranched alkanes of at least 4 members (excludes halogenated alkanes) is 1. The highest BCUT2D eigenvalue weighted by Crippen LogP contribution is 2.36. The molecule has 0 saturated carbocycles. The number of carbonyl (C=O) groups is 12. The second kappa shape index (κ2) is 64.8. The van der Waals surface area contributed by atoms with E-state index in [2.05, 4.69) is 36.9 Å². The molecule has 764 valence electrons. The number of carboxylic acid groups (broad SMARTS) is 2. The van der Waals surface area contributed by atoms with E-state index in [1.807, 2.05) is 65.1 Å². The van der Waals surface area contributed by atoms with E-state index in [-0.39, 0.29) is 110 Å². The predicted molar refractivity (Wildman–Crippen MR) is 494 cm³/mol. The molecule has 3 aliphatic rings. The number of esters is 1. The van der Waals surface area contributed by atoms with Crippen LogP contribution in [-0.4, -0.2) is 371 Å².